The van der Waals surface area contributed by atoms with Gasteiger partial charge < -0.3 is 5.11 Å². The van der Waals surface area contributed by atoms with Gasteiger partial charge in [-0.15, -0.1) is 0 Å². The van der Waals surface area contributed by atoms with Crippen molar-refractivity contribution in [2.45, 2.75) is 13.3 Å². The van der Waals surface area contributed by atoms with E-state index >= 15 is 0 Å². The highest BCUT2D eigenvalue weighted by molar-refractivity contribution is 7.23. The first-order chi connectivity index (χ1) is 12.4. The van der Waals surface area contributed by atoms with Crippen LogP contribution in [-0.4, -0.2) is 20.5 Å². The second-order valence-electron chi connectivity index (χ2n) is 6.04. The maximum atomic E-state index is 12.1. The predicted octanol–water partition coefficient (Wildman–Crippen LogP) is 4.17. The highest BCUT2D eigenvalue weighted by Gasteiger charge is 2.15. The molecule has 2 heterocycles. The van der Waals surface area contributed by atoms with Crippen LogP contribution < -0.4 is 5.56 Å². The Morgan fingerprint density at radius 2 is 1.96 bits per heavy atom. The first-order valence-electron chi connectivity index (χ1n) is 7.86. The van der Waals surface area contributed by atoms with Crippen molar-refractivity contribution in [2.24, 2.45) is 0 Å². The minimum absolute atomic E-state index is 0.0417. The van der Waals surface area contributed by atoms with E-state index in [2.05, 4.69) is 4.98 Å². The van der Waals surface area contributed by atoms with Crippen molar-refractivity contribution in [3.8, 4) is 11.3 Å². The summed E-state index contributed by atoms with van der Waals surface area (Å²) in [6.45, 7) is 1.93. The summed E-state index contributed by atoms with van der Waals surface area (Å²) in [5, 5.41) is 9.68. The molecule has 0 aliphatic rings. The van der Waals surface area contributed by atoms with Crippen LogP contribution in [0.4, 0.5) is 0 Å². The fourth-order valence-electron chi connectivity index (χ4n) is 3.14. The molecule has 0 radical (unpaired) electrons. The van der Waals surface area contributed by atoms with Gasteiger partial charge in [0.25, 0.3) is 5.56 Å². The second-order valence-corrected chi connectivity index (χ2v) is 7.48. The minimum atomic E-state index is -0.876. The highest BCUT2D eigenvalue weighted by atomic mass is 35.5. The summed E-state index contributed by atoms with van der Waals surface area (Å²) in [5.41, 5.74) is 3.87. The standard InChI is InChI=1S/C19H13ClN2O3S/c1-10-6-11(8-17(24)25)7-15-18(10)22-14(9-16(23)21-19(22)26-15)12-2-4-13(20)5-3-12/h2-7,9H,8H2,1H3,(H,24,25). The van der Waals surface area contributed by atoms with Gasteiger partial charge in [0.1, 0.15) is 0 Å². The number of carboxylic acids is 1. The van der Waals surface area contributed by atoms with Crippen molar-refractivity contribution in [2.75, 3.05) is 0 Å². The lowest BCUT2D eigenvalue weighted by atomic mass is 10.1. The van der Waals surface area contributed by atoms with E-state index in [1.807, 2.05) is 35.6 Å². The van der Waals surface area contributed by atoms with Crippen LogP contribution in [0.2, 0.25) is 5.02 Å². The van der Waals surface area contributed by atoms with Crippen LogP contribution in [0.5, 0.6) is 0 Å². The summed E-state index contributed by atoms with van der Waals surface area (Å²) in [4.78, 5) is 27.8. The molecule has 0 aliphatic heterocycles. The molecule has 2 aromatic carbocycles. The van der Waals surface area contributed by atoms with Crippen LogP contribution in [0.15, 0.2) is 47.3 Å². The fourth-order valence-corrected chi connectivity index (χ4v) is 4.44. The van der Waals surface area contributed by atoms with E-state index in [-0.39, 0.29) is 12.0 Å². The molecule has 0 unspecified atom stereocenters. The van der Waals surface area contributed by atoms with Crippen LogP contribution in [0.3, 0.4) is 0 Å². The van der Waals surface area contributed by atoms with Crippen LogP contribution in [0, 0.1) is 6.92 Å². The van der Waals surface area contributed by atoms with Crippen molar-refractivity contribution in [1.29, 1.82) is 0 Å². The molecule has 0 bridgehead atoms. The molecule has 0 atom stereocenters. The molecule has 26 heavy (non-hydrogen) atoms. The number of carbonyl (C=O) groups is 1. The number of hydrogen-bond acceptors (Lipinski definition) is 4. The largest absolute Gasteiger partial charge is 0.481 e. The lowest BCUT2D eigenvalue weighted by molar-refractivity contribution is -0.136. The van der Waals surface area contributed by atoms with Gasteiger partial charge in [0.15, 0.2) is 4.96 Å². The number of benzene rings is 2. The van der Waals surface area contributed by atoms with Crippen molar-refractivity contribution in [3.63, 3.8) is 0 Å². The summed E-state index contributed by atoms with van der Waals surface area (Å²) < 4.78 is 2.85. The normalized spacial score (nSPS) is 11.3. The Balaban J connectivity index is 2.07. The maximum Gasteiger partial charge on any atom is 0.307 e. The Hall–Kier alpha value is -2.70. The summed E-state index contributed by atoms with van der Waals surface area (Å²) in [5.74, 6) is -0.876. The Morgan fingerprint density at radius 1 is 1.23 bits per heavy atom. The van der Waals surface area contributed by atoms with Gasteiger partial charge in [-0.3, -0.25) is 14.0 Å². The molecule has 7 heteroatoms. The molecular weight excluding hydrogens is 372 g/mol. The molecule has 4 aromatic rings. The van der Waals surface area contributed by atoms with Crippen LogP contribution in [0.1, 0.15) is 11.1 Å². The van der Waals surface area contributed by atoms with Gasteiger partial charge >= 0.3 is 5.97 Å². The number of thiazole rings is 1. The van der Waals surface area contributed by atoms with E-state index in [1.54, 1.807) is 12.1 Å². The zero-order chi connectivity index (χ0) is 18.4. The van der Waals surface area contributed by atoms with E-state index < -0.39 is 5.97 Å². The fraction of sp³-hybridized carbons (Fsp3) is 0.105. The van der Waals surface area contributed by atoms with Gasteiger partial charge in [-0.2, -0.15) is 4.98 Å². The third-order valence-electron chi connectivity index (χ3n) is 4.14. The van der Waals surface area contributed by atoms with Crippen LogP contribution in [0.25, 0.3) is 26.4 Å². The highest BCUT2D eigenvalue weighted by Crippen LogP contribution is 2.33. The topological polar surface area (TPSA) is 71.7 Å². The molecule has 2 aromatic heterocycles. The Kier molecular flexibility index (Phi) is 4.01. The lowest BCUT2D eigenvalue weighted by Gasteiger charge is -2.08. The average Bonchev–Trinajstić information content (AvgIpc) is 2.92. The van der Waals surface area contributed by atoms with E-state index in [4.69, 9.17) is 16.7 Å². The first kappa shape index (κ1) is 16.8. The van der Waals surface area contributed by atoms with Gasteiger partial charge in [-0.25, -0.2) is 0 Å². The lowest BCUT2D eigenvalue weighted by Crippen LogP contribution is -2.08. The third kappa shape index (κ3) is 2.87. The number of rotatable bonds is 3. The molecule has 0 saturated carbocycles. The van der Waals surface area contributed by atoms with Gasteiger partial charge in [-0.1, -0.05) is 41.1 Å². The number of aliphatic carboxylic acids is 1. The number of nitrogens with zero attached hydrogens (tertiary/aromatic N) is 2. The molecule has 4 rings (SSSR count). The van der Waals surface area contributed by atoms with Gasteiger partial charge in [0.05, 0.1) is 22.3 Å². The SMILES string of the molecule is Cc1cc(CC(=O)O)cc2sc3nc(=O)cc(-c4ccc(Cl)cc4)n3c12. The van der Waals surface area contributed by atoms with Crippen molar-refractivity contribution in [3.05, 3.63) is 69.0 Å². The number of halogens is 1. The summed E-state index contributed by atoms with van der Waals surface area (Å²) in [7, 11) is 0. The van der Waals surface area contributed by atoms with E-state index in [9.17, 15) is 9.59 Å². The van der Waals surface area contributed by atoms with Crippen molar-refractivity contribution >= 4 is 44.1 Å². The summed E-state index contributed by atoms with van der Waals surface area (Å²) in [6.07, 6.45) is -0.0417. The van der Waals surface area contributed by atoms with Crippen LogP contribution in [-0.2, 0) is 11.2 Å². The van der Waals surface area contributed by atoms with Crippen molar-refractivity contribution in [1.82, 2.24) is 9.38 Å². The number of carboxylic acid groups (broad SMARTS) is 1. The molecule has 0 saturated heterocycles. The minimum Gasteiger partial charge on any atom is -0.481 e. The molecule has 5 nitrogen and oxygen atoms in total. The third-order valence-corrected chi connectivity index (χ3v) is 5.38. The number of aromatic nitrogens is 2. The van der Waals surface area contributed by atoms with E-state index in [0.717, 1.165) is 32.6 Å². The maximum absolute atomic E-state index is 12.1. The Morgan fingerprint density at radius 3 is 2.65 bits per heavy atom. The molecule has 130 valence electrons. The zero-order valence-corrected chi connectivity index (χ0v) is 15.3. The summed E-state index contributed by atoms with van der Waals surface area (Å²) in [6, 6.07) is 12.5. The van der Waals surface area contributed by atoms with E-state index in [1.165, 1.54) is 17.4 Å². The first-order valence-corrected chi connectivity index (χ1v) is 9.05. The number of fused-ring (bicyclic) bond motifs is 3. The smallest absolute Gasteiger partial charge is 0.307 e. The molecule has 0 fully saturated rings. The molecular formula is C19H13ClN2O3S. The quantitative estimate of drug-likeness (QED) is 0.575. The summed E-state index contributed by atoms with van der Waals surface area (Å²) >= 11 is 7.36. The van der Waals surface area contributed by atoms with Crippen LogP contribution >= 0.6 is 22.9 Å². The molecule has 0 amide bonds. The molecule has 0 aliphatic carbocycles. The molecule has 1 N–H and O–H groups in total. The number of hydrogen-bond donors (Lipinski definition) is 1. The molecule has 0 spiro atoms. The average molecular weight is 385 g/mol. The van der Waals surface area contributed by atoms with Gasteiger partial charge in [-0.05, 0) is 41.8 Å². The van der Waals surface area contributed by atoms with Gasteiger partial charge in [0.2, 0.25) is 0 Å². The van der Waals surface area contributed by atoms with E-state index in [0.29, 0.717) is 9.98 Å². The number of aryl methyl sites for hydroxylation is 1. The second kappa shape index (κ2) is 6.23. The monoisotopic (exact) mass is 384 g/mol. The van der Waals surface area contributed by atoms with Crippen molar-refractivity contribution < 1.29 is 9.90 Å². The zero-order valence-electron chi connectivity index (χ0n) is 13.7. The predicted molar refractivity (Wildman–Crippen MR) is 103 cm³/mol. The van der Waals surface area contributed by atoms with Gasteiger partial charge in [0, 0.05) is 11.1 Å². The Labute approximate surface area is 157 Å². The Bertz CT molecular complexity index is 1230.